The molecule has 0 aliphatic rings. The number of amides is 1. The number of hydrogen-bond acceptors (Lipinski definition) is 5. The van der Waals surface area contributed by atoms with Gasteiger partial charge in [-0.3, -0.25) is 4.79 Å². The van der Waals surface area contributed by atoms with E-state index in [0.29, 0.717) is 22.5 Å². The number of anilines is 1. The number of ether oxygens (including phenoxy) is 1. The van der Waals surface area contributed by atoms with Crippen LogP contribution in [0.25, 0.3) is 22.4 Å². The lowest BCUT2D eigenvalue weighted by Crippen LogP contribution is -2.20. The number of benzene rings is 3. The Morgan fingerprint density at radius 3 is 2.50 bits per heavy atom. The van der Waals surface area contributed by atoms with Crippen LogP contribution in [0.1, 0.15) is 10.4 Å². The highest BCUT2D eigenvalue weighted by molar-refractivity contribution is 7.89. The number of sulfonamides is 1. The zero-order chi connectivity index (χ0) is 22.9. The summed E-state index contributed by atoms with van der Waals surface area (Å²) in [6, 6.07) is 15.2. The molecule has 3 aromatic carbocycles. The summed E-state index contributed by atoms with van der Waals surface area (Å²) in [5.74, 6) is -0.124. The molecule has 0 spiro atoms. The Kier molecular flexibility index (Phi) is 5.64. The number of carbonyl (C=O) groups is 1. The fraction of sp³-hybridized carbons (Fsp3) is 0.0909. The summed E-state index contributed by atoms with van der Waals surface area (Å²) in [7, 11) is -1.19. The number of fused-ring (bicyclic) bond motifs is 1. The van der Waals surface area contributed by atoms with Gasteiger partial charge in [0.1, 0.15) is 22.3 Å². The number of carbonyl (C=O) groups excluding carboxylic acids is 1. The molecule has 0 radical (unpaired) electrons. The fourth-order valence-corrected chi connectivity index (χ4v) is 4.09. The molecular weight excluding hydrogens is 435 g/mol. The molecular formula is C22H19FN4O4S. The maximum absolute atomic E-state index is 13.2. The lowest BCUT2D eigenvalue weighted by molar-refractivity contribution is 0.102. The smallest absolute Gasteiger partial charge is 0.255 e. The number of aromatic amines is 1. The zero-order valence-corrected chi connectivity index (χ0v) is 18.0. The molecule has 0 aliphatic heterocycles. The van der Waals surface area contributed by atoms with Crippen LogP contribution in [-0.2, 0) is 10.0 Å². The highest BCUT2D eigenvalue weighted by Gasteiger charge is 2.20. The molecule has 164 valence electrons. The monoisotopic (exact) mass is 454 g/mol. The predicted molar refractivity (Wildman–Crippen MR) is 119 cm³/mol. The van der Waals surface area contributed by atoms with Crippen molar-refractivity contribution in [3.05, 3.63) is 72.0 Å². The van der Waals surface area contributed by atoms with Gasteiger partial charge in [-0.25, -0.2) is 22.5 Å². The highest BCUT2D eigenvalue weighted by Crippen LogP contribution is 2.26. The van der Waals surface area contributed by atoms with Crippen LogP contribution in [0.2, 0.25) is 0 Å². The summed E-state index contributed by atoms with van der Waals surface area (Å²) in [4.78, 5) is 20.2. The molecule has 4 aromatic rings. The van der Waals surface area contributed by atoms with Crippen LogP contribution >= 0.6 is 0 Å². The van der Waals surface area contributed by atoms with Gasteiger partial charge in [-0.05, 0) is 67.7 Å². The number of nitrogens with one attached hydrogen (secondary N) is 3. The molecule has 0 aliphatic carbocycles. The van der Waals surface area contributed by atoms with Crippen molar-refractivity contribution in [1.82, 2.24) is 14.7 Å². The summed E-state index contributed by atoms with van der Waals surface area (Å²) in [5.41, 5.74) is 2.72. The number of halogens is 1. The van der Waals surface area contributed by atoms with E-state index < -0.39 is 15.9 Å². The first-order valence-corrected chi connectivity index (χ1v) is 11.0. The summed E-state index contributed by atoms with van der Waals surface area (Å²) >= 11 is 0. The number of H-pyrrole nitrogens is 1. The van der Waals surface area contributed by atoms with Gasteiger partial charge in [-0.2, -0.15) is 0 Å². The van der Waals surface area contributed by atoms with Crippen LogP contribution in [0.5, 0.6) is 5.75 Å². The maximum Gasteiger partial charge on any atom is 0.255 e. The van der Waals surface area contributed by atoms with Crippen LogP contribution in [0.3, 0.4) is 0 Å². The van der Waals surface area contributed by atoms with Crippen molar-refractivity contribution in [1.29, 1.82) is 0 Å². The number of rotatable bonds is 6. The van der Waals surface area contributed by atoms with Crippen molar-refractivity contribution in [3.8, 4) is 17.1 Å². The Balaban J connectivity index is 1.61. The van der Waals surface area contributed by atoms with Gasteiger partial charge in [0, 0.05) is 16.8 Å². The van der Waals surface area contributed by atoms with Crippen LogP contribution in [0.15, 0.2) is 65.6 Å². The lowest BCUT2D eigenvalue weighted by atomic mass is 10.2. The Bertz CT molecular complexity index is 1420. The molecule has 8 nitrogen and oxygen atoms in total. The van der Waals surface area contributed by atoms with E-state index in [1.54, 1.807) is 30.3 Å². The Labute approximate surface area is 183 Å². The first kappa shape index (κ1) is 21.5. The molecule has 0 saturated carbocycles. The Morgan fingerprint density at radius 2 is 1.81 bits per heavy atom. The summed E-state index contributed by atoms with van der Waals surface area (Å²) in [5, 5.41) is 2.75. The third-order valence-electron chi connectivity index (χ3n) is 4.84. The summed E-state index contributed by atoms with van der Waals surface area (Å²) in [6.07, 6.45) is 0. The van der Waals surface area contributed by atoms with Gasteiger partial charge in [0.05, 0.1) is 18.1 Å². The molecule has 1 aromatic heterocycles. The van der Waals surface area contributed by atoms with E-state index in [0.717, 1.165) is 5.56 Å². The molecule has 0 saturated heterocycles. The quantitative estimate of drug-likeness (QED) is 0.412. The van der Waals surface area contributed by atoms with Crippen LogP contribution < -0.4 is 14.8 Å². The first-order valence-electron chi connectivity index (χ1n) is 9.49. The van der Waals surface area contributed by atoms with Gasteiger partial charge in [0.2, 0.25) is 10.0 Å². The molecule has 3 N–H and O–H groups in total. The van der Waals surface area contributed by atoms with Crippen molar-refractivity contribution in [2.24, 2.45) is 0 Å². The Hall–Kier alpha value is -3.76. The SMILES string of the molecule is CNS(=O)(=O)c1cc(C(=O)Nc2ccc3nc(-c4ccc(F)cc4)[nH]c3c2)ccc1OC. The van der Waals surface area contributed by atoms with Crippen LogP contribution in [0.4, 0.5) is 10.1 Å². The minimum Gasteiger partial charge on any atom is -0.495 e. The maximum atomic E-state index is 13.2. The number of imidazole rings is 1. The second-order valence-electron chi connectivity index (χ2n) is 6.85. The van der Waals surface area contributed by atoms with E-state index in [-0.39, 0.29) is 22.0 Å². The largest absolute Gasteiger partial charge is 0.495 e. The number of methoxy groups -OCH3 is 1. The molecule has 0 bridgehead atoms. The van der Waals surface area contributed by atoms with Gasteiger partial charge < -0.3 is 15.0 Å². The molecule has 32 heavy (non-hydrogen) atoms. The third-order valence-corrected chi connectivity index (χ3v) is 6.28. The van der Waals surface area contributed by atoms with E-state index in [9.17, 15) is 17.6 Å². The predicted octanol–water partition coefficient (Wildman–Crippen LogP) is 3.54. The minimum atomic E-state index is -3.82. The normalized spacial score (nSPS) is 11.5. The van der Waals surface area contributed by atoms with Gasteiger partial charge in [0.25, 0.3) is 5.91 Å². The van der Waals surface area contributed by atoms with Crippen molar-refractivity contribution < 1.29 is 22.3 Å². The fourth-order valence-electron chi connectivity index (χ4n) is 3.17. The standard InChI is InChI=1S/C22H19FN4O4S/c1-24-32(29,30)20-11-14(5-10-19(20)31-2)22(28)25-16-8-9-17-18(12-16)27-21(26-17)13-3-6-15(23)7-4-13/h3-12,24H,1-2H3,(H,25,28)(H,26,27). The zero-order valence-electron chi connectivity index (χ0n) is 17.1. The van der Waals surface area contributed by atoms with E-state index >= 15 is 0 Å². The van der Waals surface area contributed by atoms with E-state index in [1.807, 2.05) is 0 Å². The van der Waals surface area contributed by atoms with Crippen molar-refractivity contribution in [2.45, 2.75) is 4.90 Å². The number of nitrogens with zero attached hydrogens (tertiary/aromatic N) is 1. The second-order valence-corrected chi connectivity index (χ2v) is 8.71. The summed E-state index contributed by atoms with van der Waals surface area (Å²) in [6.45, 7) is 0. The molecule has 1 amide bonds. The van der Waals surface area contributed by atoms with Crippen molar-refractivity contribution in [3.63, 3.8) is 0 Å². The van der Waals surface area contributed by atoms with Gasteiger partial charge in [-0.1, -0.05) is 0 Å². The van der Waals surface area contributed by atoms with E-state index in [4.69, 9.17) is 4.74 Å². The molecule has 0 unspecified atom stereocenters. The molecule has 10 heteroatoms. The minimum absolute atomic E-state index is 0.128. The van der Waals surface area contributed by atoms with Gasteiger partial charge in [0.15, 0.2) is 0 Å². The average molecular weight is 454 g/mol. The molecule has 0 atom stereocenters. The van der Waals surface area contributed by atoms with E-state index in [2.05, 4.69) is 20.0 Å². The number of hydrogen-bond donors (Lipinski definition) is 3. The second kappa shape index (κ2) is 8.40. The Morgan fingerprint density at radius 1 is 1.06 bits per heavy atom. The number of aromatic nitrogens is 2. The molecule has 1 heterocycles. The lowest BCUT2D eigenvalue weighted by Gasteiger charge is -2.11. The third kappa shape index (κ3) is 4.18. The average Bonchev–Trinajstić information content (AvgIpc) is 3.22. The van der Waals surface area contributed by atoms with Gasteiger partial charge in [-0.15, -0.1) is 0 Å². The first-order chi connectivity index (χ1) is 15.3. The summed E-state index contributed by atoms with van der Waals surface area (Å²) < 4.78 is 45.0. The van der Waals surface area contributed by atoms with Crippen LogP contribution in [-0.4, -0.2) is 38.5 Å². The molecule has 0 fully saturated rings. The topological polar surface area (TPSA) is 113 Å². The van der Waals surface area contributed by atoms with Crippen molar-refractivity contribution in [2.75, 3.05) is 19.5 Å². The molecule has 4 rings (SSSR count). The van der Waals surface area contributed by atoms with Crippen molar-refractivity contribution >= 4 is 32.7 Å². The van der Waals surface area contributed by atoms with Crippen LogP contribution in [0, 0.1) is 5.82 Å². The van der Waals surface area contributed by atoms with Gasteiger partial charge >= 0.3 is 0 Å². The van der Waals surface area contributed by atoms with E-state index in [1.165, 1.54) is 44.5 Å². The highest BCUT2D eigenvalue weighted by atomic mass is 32.2.